The Bertz CT molecular complexity index is 659. The number of rotatable bonds is 3. The first-order chi connectivity index (χ1) is 9.21. The lowest BCUT2D eigenvalue weighted by Gasteiger charge is -2.34. The van der Waals surface area contributed by atoms with E-state index in [9.17, 15) is 17.6 Å². The molecule has 1 aliphatic carbocycles. The molecule has 0 bridgehead atoms. The highest BCUT2D eigenvalue weighted by atomic mass is 35.7. The summed E-state index contributed by atoms with van der Waals surface area (Å²) in [5.74, 6) is -1.77. The average Bonchev–Trinajstić information content (AvgIpc) is 2.27. The van der Waals surface area contributed by atoms with Gasteiger partial charge in [-0.1, -0.05) is 11.6 Å². The minimum atomic E-state index is -4.31. The standard InChI is InChI=1S/C12H12Cl2FNO3S/c1-16(8-3-2-4-8)12(17)9-5-7(13)6-10(11(9)15)20(14,18)19/h5-6,8H,2-4H2,1H3. The predicted molar refractivity (Wildman–Crippen MR) is 74.2 cm³/mol. The van der Waals surface area contributed by atoms with E-state index in [0.717, 1.165) is 31.4 Å². The first kappa shape index (κ1) is 15.5. The zero-order valence-electron chi connectivity index (χ0n) is 10.6. The Balaban J connectivity index is 2.46. The molecule has 1 fully saturated rings. The normalized spacial score (nSPS) is 15.8. The molecule has 0 heterocycles. The van der Waals surface area contributed by atoms with E-state index in [2.05, 4.69) is 0 Å². The molecular formula is C12H12Cl2FNO3S. The summed E-state index contributed by atoms with van der Waals surface area (Å²) in [7, 11) is 2.39. The van der Waals surface area contributed by atoms with Gasteiger partial charge in [-0.3, -0.25) is 4.79 Å². The highest BCUT2D eigenvalue weighted by Gasteiger charge is 2.30. The molecule has 1 aliphatic rings. The fraction of sp³-hybridized carbons (Fsp3) is 0.417. The third-order valence-corrected chi connectivity index (χ3v) is 4.98. The lowest BCUT2D eigenvalue weighted by molar-refractivity contribution is 0.0646. The lowest BCUT2D eigenvalue weighted by Crippen LogP contribution is -2.41. The number of amides is 1. The first-order valence-electron chi connectivity index (χ1n) is 5.92. The van der Waals surface area contributed by atoms with E-state index in [4.69, 9.17) is 22.3 Å². The third kappa shape index (κ3) is 2.92. The molecule has 1 aromatic rings. The molecule has 1 aromatic carbocycles. The lowest BCUT2D eigenvalue weighted by atomic mass is 9.91. The van der Waals surface area contributed by atoms with Gasteiger partial charge in [0.25, 0.3) is 15.0 Å². The number of halogens is 3. The van der Waals surface area contributed by atoms with Crippen LogP contribution in [-0.4, -0.2) is 32.3 Å². The van der Waals surface area contributed by atoms with E-state index in [1.54, 1.807) is 7.05 Å². The topological polar surface area (TPSA) is 54.5 Å². The van der Waals surface area contributed by atoms with Crippen molar-refractivity contribution in [3.8, 4) is 0 Å². The summed E-state index contributed by atoms with van der Waals surface area (Å²) in [6, 6.07) is 2.05. The molecular weight excluding hydrogens is 328 g/mol. The van der Waals surface area contributed by atoms with E-state index in [1.165, 1.54) is 4.90 Å². The Hall–Kier alpha value is -0.850. The number of hydrogen-bond donors (Lipinski definition) is 0. The molecule has 0 radical (unpaired) electrons. The van der Waals surface area contributed by atoms with Crippen LogP contribution in [0.2, 0.25) is 5.02 Å². The van der Waals surface area contributed by atoms with Crippen molar-refractivity contribution in [1.82, 2.24) is 4.90 Å². The van der Waals surface area contributed by atoms with Crippen LogP contribution in [0.3, 0.4) is 0 Å². The van der Waals surface area contributed by atoms with Gasteiger partial charge in [0.1, 0.15) is 4.90 Å². The fourth-order valence-corrected chi connectivity index (χ4v) is 3.24. The van der Waals surface area contributed by atoms with Crippen molar-refractivity contribution in [1.29, 1.82) is 0 Å². The van der Waals surface area contributed by atoms with E-state index in [-0.39, 0.29) is 16.6 Å². The Morgan fingerprint density at radius 1 is 1.40 bits per heavy atom. The number of nitrogens with zero attached hydrogens (tertiary/aromatic N) is 1. The van der Waals surface area contributed by atoms with Crippen molar-refractivity contribution in [3.05, 3.63) is 28.5 Å². The molecule has 0 unspecified atom stereocenters. The van der Waals surface area contributed by atoms with E-state index in [1.807, 2.05) is 0 Å². The van der Waals surface area contributed by atoms with Gasteiger partial charge >= 0.3 is 0 Å². The molecule has 2 rings (SSSR count). The summed E-state index contributed by atoms with van der Waals surface area (Å²) in [6.07, 6.45) is 2.72. The summed E-state index contributed by atoms with van der Waals surface area (Å²) in [6.45, 7) is 0. The second-order valence-corrected chi connectivity index (χ2v) is 7.67. The molecule has 0 saturated heterocycles. The molecule has 8 heteroatoms. The Morgan fingerprint density at radius 3 is 2.45 bits per heavy atom. The van der Waals surface area contributed by atoms with E-state index >= 15 is 0 Å². The van der Waals surface area contributed by atoms with Gasteiger partial charge in [-0.15, -0.1) is 0 Å². The highest BCUT2D eigenvalue weighted by Crippen LogP contribution is 2.29. The Kier molecular flexibility index (Phi) is 4.27. The molecule has 110 valence electrons. The van der Waals surface area contributed by atoms with Crippen molar-refractivity contribution in [2.75, 3.05) is 7.05 Å². The van der Waals surface area contributed by atoms with Crippen LogP contribution in [0.5, 0.6) is 0 Å². The van der Waals surface area contributed by atoms with Crippen LogP contribution in [0.1, 0.15) is 29.6 Å². The fourth-order valence-electron chi connectivity index (χ4n) is 2.03. The molecule has 0 spiro atoms. The molecule has 4 nitrogen and oxygen atoms in total. The SMILES string of the molecule is CN(C(=O)c1cc(Cl)cc(S(=O)(=O)Cl)c1F)C1CCC1. The average molecular weight is 340 g/mol. The van der Waals surface area contributed by atoms with Crippen molar-refractivity contribution < 1.29 is 17.6 Å². The maximum atomic E-state index is 14.2. The number of benzene rings is 1. The summed E-state index contributed by atoms with van der Waals surface area (Å²) < 4.78 is 36.8. The van der Waals surface area contributed by atoms with Gasteiger partial charge < -0.3 is 4.90 Å². The second-order valence-electron chi connectivity index (χ2n) is 4.70. The summed E-state index contributed by atoms with van der Waals surface area (Å²) in [4.78, 5) is 12.8. The zero-order chi connectivity index (χ0) is 15.1. The van der Waals surface area contributed by atoms with Crippen LogP contribution in [0, 0.1) is 5.82 Å². The van der Waals surface area contributed by atoms with Gasteiger partial charge in [0.05, 0.1) is 5.56 Å². The minimum absolute atomic E-state index is 0.0527. The molecule has 0 aromatic heterocycles. The zero-order valence-corrected chi connectivity index (χ0v) is 12.9. The van der Waals surface area contributed by atoms with E-state index < -0.39 is 25.7 Å². The third-order valence-electron chi connectivity index (χ3n) is 3.44. The Labute approximate surface area is 125 Å². The van der Waals surface area contributed by atoms with Gasteiger partial charge in [-0.05, 0) is 31.4 Å². The molecule has 0 aliphatic heterocycles. The molecule has 0 N–H and O–H groups in total. The summed E-state index contributed by atoms with van der Waals surface area (Å²) >= 11 is 5.74. The van der Waals surface area contributed by atoms with Crippen LogP contribution in [-0.2, 0) is 9.05 Å². The second kappa shape index (κ2) is 5.50. The van der Waals surface area contributed by atoms with Crippen molar-refractivity contribution in [2.45, 2.75) is 30.2 Å². The predicted octanol–water partition coefficient (Wildman–Crippen LogP) is 3.03. The molecule has 1 saturated carbocycles. The van der Waals surface area contributed by atoms with Gasteiger partial charge in [0.2, 0.25) is 0 Å². The highest BCUT2D eigenvalue weighted by molar-refractivity contribution is 8.13. The smallest absolute Gasteiger partial charge is 0.264 e. The van der Waals surface area contributed by atoms with Crippen LogP contribution < -0.4 is 0 Å². The van der Waals surface area contributed by atoms with Crippen molar-refractivity contribution >= 4 is 37.2 Å². The van der Waals surface area contributed by atoms with Gasteiger partial charge in [-0.25, -0.2) is 12.8 Å². The number of carbonyl (C=O) groups excluding carboxylic acids is 1. The van der Waals surface area contributed by atoms with Crippen LogP contribution in [0.25, 0.3) is 0 Å². The van der Waals surface area contributed by atoms with Crippen molar-refractivity contribution in [2.24, 2.45) is 0 Å². The molecule has 0 atom stereocenters. The van der Waals surface area contributed by atoms with Gasteiger partial charge in [0.15, 0.2) is 5.82 Å². The van der Waals surface area contributed by atoms with Crippen LogP contribution in [0.4, 0.5) is 4.39 Å². The quantitative estimate of drug-likeness (QED) is 0.795. The van der Waals surface area contributed by atoms with Gasteiger partial charge in [-0.2, -0.15) is 0 Å². The Morgan fingerprint density at radius 2 is 2.00 bits per heavy atom. The molecule has 20 heavy (non-hydrogen) atoms. The largest absolute Gasteiger partial charge is 0.339 e. The van der Waals surface area contributed by atoms with E-state index in [0.29, 0.717) is 0 Å². The minimum Gasteiger partial charge on any atom is -0.339 e. The molecule has 1 amide bonds. The summed E-state index contributed by atoms with van der Waals surface area (Å²) in [5.41, 5.74) is -0.383. The first-order valence-corrected chi connectivity index (χ1v) is 8.61. The summed E-state index contributed by atoms with van der Waals surface area (Å²) in [5, 5.41) is -0.0593. The van der Waals surface area contributed by atoms with Gasteiger partial charge in [0, 0.05) is 28.8 Å². The van der Waals surface area contributed by atoms with Crippen LogP contribution in [0.15, 0.2) is 17.0 Å². The maximum absolute atomic E-state index is 14.2. The maximum Gasteiger partial charge on any atom is 0.264 e. The number of carbonyl (C=O) groups is 1. The van der Waals surface area contributed by atoms with Crippen LogP contribution >= 0.6 is 22.3 Å². The number of hydrogen-bond acceptors (Lipinski definition) is 3. The van der Waals surface area contributed by atoms with Crippen molar-refractivity contribution in [3.63, 3.8) is 0 Å². The monoisotopic (exact) mass is 339 g/mol.